The molecular formula is C22H22N4O2. The van der Waals surface area contributed by atoms with Gasteiger partial charge in [-0.05, 0) is 24.1 Å². The van der Waals surface area contributed by atoms with Gasteiger partial charge in [0.2, 0.25) is 5.88 Å². The number of rotatable bonds is 7. The quantitative estimate of drug-likeness (QED) is 0.629. The average molecular weight is 374 g/mol. The van der Waals surface area contributed by atoms with E-state index in [1.54, 1.807) is 18.5 Å². The van der Waals surface area contributed by atoms with Crippen molar-refractivity contribution in [3.63, 3.8) is 0 Å². The van der Waals surface area contributed by atoms with E-state index in [9.17, 15) is 0 Å². The molecule has 0 atom stereocenters. The maximum absolute atomic E-state index is 6.06. The summed E-state index contributed by atoms with van der Waals surface area (Å²) in [6.07, 6.45) is 9.22. The molecule has 0 saturated carbocycles. The maximum atomic E-state index is 6.06. The minimum atomic E-state index is 0.411. The molecule has 28 heavy (non-hydrogen) atoms. The highest BCUT2D eigenvalue weighted by atomic mass is 16.5. The molecule has 0 aliphatic carbocycles. The fourth-order valence-electron chi connectivity index (χ4n) is 3.02. The third kappa shape index (κ3) is 3.73. The smallest absolute Gasteiger partial charge is 0.225 e. The first-order valence-corrected chi connectivity index (χ1v) is 9.24. The van der Waals surface area contributed by atoms with Crippen molar-refractivity contribution in [2.75, 3.05) is 19.8 Å². The molecule has 4 rings (SSSR count). The number of hydrogen-bond donors (Lipinski definition) is 1. The number of H-pyrrole nitrogens is 1. The Morgan fingerprint density at radius 3 is 2.82 bits per heavy atom. The van der Waals surface area contributed by atoms with Crippen molar-refractivity contribution in [3.8, 4) is 28.4 Å². The fourth-order valence-corrected chi connectivity index (χ4v) is 3.02. The van der Waals surface area contributed by atoms with Crippen molar-refractivity contribution in [1.29, 1.82) is 0 Å². The standard InChI is InChI=1S/C22H22N4O2/c1-3-16(4-2)20-11-23-21(26-22(20)28-14-15-12-27-13-15)18-7-5-6-17(8-18)19-9-24-25-10-19/h3-11,15H,1,12-14H2,2H3,(H,24,25)/b16-4+. The summed E-state index contributed by atoms with van der Waals surface area (Å²) in [4.78, 5) is 9.31. The highest BCUT2D eigenvalue weighted by Crippen LogP contribution is 2.29. The molecule has 0 radical (unpaired) electrons. The minimum absolute atomic E-state index is 0.411. The zero-order valence-electron chi connectivity index (χ0n) is 15.8. The molecule has 1 saturated heterocycles. The SMILES string of the molecule is C=C/C(=C\C)c1cnc(-c2cccc(-c3cn[nH]c3)c2)nc1OCC1COC1. The van der Waals surface area contributed by atoms with Crippen molar-refractivity contribution in [3.05, 3.63) is 67.2 Å². The Hall–Kier alpha value is -3.25. The molecule has 1 N–H and O–H groups in total. The van der Waals surface area contributed by atoms with Gasteiger partial charge >= 0.3 is 0 Å². The second-order valence-electron chi connectivity index (χ2n) is 6.64. The number of aromatic amines is 1. The molecule has 1 aromatic carbocycles. The van der Waals surface area contributed by atoms with Gasteiger partial charge in [0, 0.05) is 29.4 Å². The first kappa shape index (κ1) is 18.1. The maximum Gasteiger partial charge on any atom is 0.225 e. The summed E-state index contributed by atoms with van der Waals surface area (Å²) >= 11 is 0. The molecule has 2 aromatic heterocycles. The number of hydrogen-bond acceptors (Lipinski definition) is 5. The summed E-state index contributed by atoms with van der Waals surface area (Å²) in [6.45, 7) is 7.89. The van der Waals surface area contributed by atoms with Crippen LogP contribution in [0.2, 0.25) is 0 Å². The number of allylic oxidation sites excluding steroid dienone is 3. The Morgan fingerprint density at radius 2 is 2.14 bits per heavy atom. The van der Waals surface area contributed by atoms with E-state index in [-0.39, 0.29) is 0 Å². The van der Waals surface area contributed by atoms with E-state index in [1.807, 2.05) is 43.5 Å². The van der Waals surface area contributed by atoms with Gasteiger partial charge < -0.3 is 9.47 Å². The van der Waals surface area contributed by atoms with Gasteiger partial charge in [0.05, 0.1) is 31.6 Å². The highest BCUT2D eigenvalue weighted by molar-refractivity contribution is 5.77. The van der Waals surface area contributed by atoms with Crippen molar-refractivity contribution < 1.29 is 9.47 Å². The molecule has 3 heterocycles. The summed E-state index contributed by atoms with van der Waals surface area (Å²) in [5, 5.41) is 6.86. The van der Waals surface area contributed by atoms with Gasteiger partial charge in [-0.25, -0.2) is 4.98 Å². The van der Waals surface area contributed by atoms with Crippen molar-refractivity contribution in [1.82, 2.24) is 20.2 Å². The Morgan fingerprint density at radius 1 is 1.29 bits per heavy atom. The molecular weight excluding hydrogens is 352 g/mol. The zero-order chi connectivity index (χ0) is 19.3. The van der Waals surface area contributed by atoms with E-state index < -0.39 is 0 Å². The van der Waals surface area contributed by atoms with E-state index in [2.05, 4.69) is 21.8 Å². The summed E-state index contributed by atoms with van der Waals surface area (Å²) in [5.74, 6) is 1.60. The van der Waals surface area contributed by atoms with E-state index in [0.717, 1.165) is 41.0 Å². The number of aromatic nitrogens is 4. The third-order valence-electron chi connectivity index (χ3n) is 4.71. The summed E-state index contributed by atoms with van der Waals surface area (Å²) < 4.78 is 11.3. The van der Waals surface area contributed by atoms with E-state index in [1.165, 1.54) is 0 Å². The molecule has 0 amide bonds. The number of ether oxygens (including phenoxy) is 2. The van der Waals surface area contributed by atoms with Gasteiger partial charge in [-0.2, -0.15) is 10.1 Å². The number of nitrogens with one attached hydrogen (secondary N) is 1. The molecule has 6 heteroatoms. The predicted molar refractivity (Wildman–Crippen MR) is 109 cm³/mol. The lowest BCUT2D eigenvalue weighted by Crippen LogP contribution is -2.32. The normalized spacial score (nSPS) is 14.5. The van der Waals surface area contributed by atoms with Crippen LogP contribution < -0.4 is 4.74 Å². The van der Waals surface area contributed by atoms with E-state index in [0.29, 0.717) is 24.2 Å². The van der Waals surface area contributed by atoms with Crippen LogP contribution in [0.25, 0.3) is 28.1 Å². The van der Waals surface area contributed by atoms with Crippen LogP contribution in [0.1, 0.15) is 12.5 Å². The predicted octanol–water partition coefficient (Wildman–Crippen LogP) is 4.15. The Kier molecular flexibility index (Phi) is 5.30. The Balaban J connectivity index is 1.69. The minimum Gasteiger partial charge on any atom is -0.477 e. The van der Waals surface area contributed by atoms with E-state index >= 15 is 0 Å². The summed E-state index contributed by atoms with van der Waals surface area (Å²) in [6, 6.07) is 8.06. The Bertz CT molecular complexity index is 992. The van der Waals surface area contributed by atoms with Crippen molar-refractivity contribution in [2.24, 2.45) is 5.92 Å². The molecule has 6 nitrogen and oxygen atoms in total. The van der Waals surface area contributed by atoms with Crippen molar-refractivity contribution >= 4 is 5.57 Å². The van der Waals surface area contributed by atoms with E-state index in [4.69, 9.17) is 14.5 Å². The molecule has 1 aliphatic rings. The summed E-state index contributed by atoms with van der Waals surface area (Å²) in [5.41, 5.74) is 4.77. The van der Waals surface area contributed by atoms with Crippen LogP contribution in [0, 0.1) is 5.92 Å². The molecule has 0 bridgehead atoms. The second kappa shape index (κ2) is 8.19. The lowest BCUT2D eigenvalue weighted by Gasteiger charge is -2.26. The van der Waals surface area contributed by atoms with Crippen molar-refractivity contribution in [2.45, 2.75) is 6.92 Å². The summed E-state index contributed by atoms with van der Waals surface area (Å²) in [7, 11) is 0. The van der Waals surface area contributed by atoms with Gasteiger partial charge in [-0.15, -0.1) is 0 Å². The molecule has 0 spiro atoms. The lowest BCUT2D eigenvalue weighted by molar-refractivity contribution is -0.0514. The molecule has 1 fully saturated rings. The first-order chi connectivity index (χ1) is 13.8. The second-order valence-corrected chi connectivity index (χ2v) is 6.64. The monoisotopic (exact) mass is 374 g/mol. The van der Waals surface area contributed by atoms with Crippen LogP contribution in [0.3, 0.4) is 0 Å². The topological polar surface area (TPSA) is 72.9 Å². The molecule has 1 aliphatic heterocycles. The van der Waals surface area contributed by atoms with Gasteiger partial charge in [0.1, 0.15) is 0 Å². The number of nitrogens with zero attached hydrogens (tertiary/aromatic N) is 3. The van der Waals surface area contributed by atoms with Crippen LogP contribution in [-0.2, 0) is 4.74 Å². The Labute approximate surface area is 164 Å². The number of benzene rings is 1. The van der Waals surface area contributed by atoms with Crippen LogP contribution in [-0.4, -0.2) is 40.0 Å². The van der Waals surface area contributed by atoms with Crippen LogP contribution >= 0.6 is 0 Å². The lowest BCUT2D eigenvalue weighted by atomic mass is 10.1. The van der Waals surface area contributed by atoms with Gasteiger partial charge in [-0.3, -0.25) is 5.10 Å². The van der Waals surface area contributed by atoms with Gasteiger partial charge in [-0.1, -0.05) is 36.9 Å². The third-order valence-corrected chi connectivity index (χ3v) is 4.71. The average Bonchev–Trinajstić information content (AvgIpc) is 3.23. The molecule has 142 valence electrons. The zero-order valence-corrected chi connectivity index (χ0v) is 15.8. The largest absolute Gasteiger partial charge is 0.477 e. The van der Waals surface area contributed by atoms with Gasteiger partial charge in [0.25, 0.3) is 0 Å². The highest BCUT2D eigenvalue weighted by Gasteiger charge is 2.21. The first-order valence-electron chi connectivity index (χ1n) is 9.24. The van der Waals surface area contributed by atoms with Crippen LogP contribution in [0.15, 0.2) is 61.6 Å². The van der Waals surface area contributed by atoms with Gasteiger partial charge in [0.15, 0.2) is 5.82 Å². The molecule has 3 aromatic rings. The van der Waals surface area contributed by atoms with Crippen LogP contribution in [0.5, 0.6) is 5.88 Å². The van der Waals surface area contributed by atoms with Crippen LogP contribution in [0.4, 0.5) is 0 Å². The fraction of sp³-hybridized carbons (Fsp3) is 0.227. The molecule has 0 unspecified atom stereocenters.